The van der Waals surface area contributed by atoms with E-state index in [0.717, 1.165) is 61.2 Å². The zero-order valence-electron chi connectivity index (χ0n) is 20.8. The fourth-order valence-corrected chi connectivity index (χ4v) is 11.9. The van der Waals surface area contributed by atoms with Crippen LogP contribution < -0.4 is 0 Å². The summed E-state index contributed by atoms with van der Waals surface area (Å²) in [4.78, 5) is 0. The average molecular weight is 429 g/mol. The minimum atomic E-state index is 0.322. The summed E-state index contributed by atoms with van der Waals surface area (Å²) in [5.74, 6) is 6.66. The van der Waals surface area contributed by atoms with Crippen LogP contribution in [-0.4, -0.2) is 25.9 Å². The van der Waals surface area contributed by atoms with E-state index in [-0.39, 0.29) is 0 Å². The predicted molar refractivity (Wildman–Crippen MR) is 126 cm³/mol. The van der Waals surface area contributed by atoms with E-state index in [0.29, 0.717) is 22.3 Å². The molecule has 2 heteroatoms. The first kappa shape index (κ1) is 21.5. The molecule has 6 saturated carbocycles. The lowest BCUT2D eigenvalue weighted by molar-refractivity contribution is -0.236. The van der Waals surface area contributed by atoms with Crippen molar-refractivity contribution in [2.24, 2.45) is 57.7 Å². The molecule has 4 bridgehead atoms. The molecule has 0 aromatic heterocycles. The third kappa shape index (κ3) is 2.59. The highest BCUT2D eigenvalue weighted by Gasteiger charge is 2.80. The highest BCUT2D eigenvalue weighted by molar-refractivity contribution is 5.28. The lowest BCUT2D eigenvalue weighted by Crippen LogP contribution is -2.65. The summed E-state index contributed by atoms with van der Waals surface area (Å²) in [5, 5.41) is 0. The van der Waals surface area contributed by atoms with E-state index < -0.39 is 0 Å². The van der Waals surface area contributed by atoms with Crippen LogP contribution in [-0.2, 0) is 9.47 Å². The Balaban J connectivity index is 1.53. The van der Waals surface area contributed by atoms with Gasteiger partial charge >= 0.3 is 0 Å². The molecule has 0 aromatic carbocycles. The molecule has 0 amide bonds. The van der Waals surface area contributed by atoms with Crippen molar-refractivity contribution in [2.75, 3.05) is 19.8 Å². The molecule has 6 rings (SSSR count). The van der Waals surface area contributed by atoms with Gasteiger partial charge in [-0.3, -0.25) is 0 Å². The van der Waals surface area contributed by atoms with Crippen LogP contribution in [0.15, 0.2) is 0 Å². The molecule has 10 atom stereocenters. The first-order valence-corrected chi connectivity index (χ1v) is 14.2. The van der Waals surface area contributed by atoms with E-state index in [9.17, 15) is 0 Å². The van der Waals surface area contributed by atoms with Gasteiger partial charge in [0.15, 0.2) is 0 Å². The van der Waals surface area contributed by atoms with Crippen molar-refractivity contribution in [3.8, 4) is 0 Å². The topological polar surface area (TPSA) is 18.5 Å². The lowest BCUT2D eigenvalue weighted by atomic mass is 9.41. The second-order valence-corrected chi connectivity index (χ2v) is 13.3. The van der Waals surface area contributed by atoms with E-state index >= 15 is 0 Å². The van der Waals surface area contributed by atoms with Gasteiger partial charge in [-0.1, -0.05) is 46.0 Å². The first-order chi connectivity index (χ1) is 15.0. The van der Waals surface area contributed by atoms with Crippen molar-refractivity contribution >= 4 is 0 Å². The van der Waals surface area contributed by atoms with Crippen molar-refractivity contribution in [3.05, 3.63) is 0 Å². The van der Waals surface area contributed by atoms with Gasteiger partial charge in [-0.05, 0) is 99.2 Å². The zero-order chi connectivity index (χ0) is 21.4. The SMILES string of the molecule is CCOCC1(C23CC(C4C5CCC(C5)C42)C(C)(C)C3OCC)CCCC2CCCCC21. The van der Waals surface area contributed by atoms with Gasteiger partial charge < -0.3 is 9.47 Å². The van der Waals surface area contributed by atoms with Crippen LogP contribution in [0.1, 0.15) is 98.3 Å². The highest BCUT2D eigenvalue weighted by Crippen LogP contribution is 2.83. The molecule has 6 aliphatic rings. The molecule has 0 aromatic rings. The summed E-state index contributed by atoms with van der Waals surface area (Å²) in [7, 11) is 0. The van der Waals surface area contributed by atoms with E-state index in [1.54, 1.807) is 6.42 Å². The molecule has 0 heterocycles. The molecule has 176 valence electrons. The monoisotopic (exact) mass is 428 g/mol. The summed E-state index contributed by atoms with van der Waals surface area (Å²) < 4.78 is 13.5. The third-order valence-corrected chi connectivity index (χ3v) is 12.3. The van der Waals surface area contributed by atoms with Crippen LogP contribution in [0.4, 0.5) is 0 Å². The zero-order valence-corrected chi connectivity index (χ0v) is 20.8. The van der Waals surface area contributed by atoms with Gasteiger partial charge in [0.05, 0.1) is 12.7 Å². The second kappa shape index (κ2) is 7.46. The molecule has 6 fully saturated rings. The van der Waals surface area contributed by atoms with Crippen LogP contribution in [0.25, 0.3) is 0 Å². The number of ether oxygens (including phenoxy) is 2. The van der Waals surface area contributed by atoms with E-state index in [4.69, 9.17) is 9.47 Å². The van der Waals surface area contributed by atoms with E-state index in [1.165, 1.54) is 64.2 Å². The maximum Gasteiger partial charge on any atom is 0.0693 e. The molecule has 0 radical (unpaired) electrons. The van der Waals surface area contributed by atoms with Crippen molar-refractivity contribution in [2.45, 2.75) is 104 Å². The molecule has 31 heavy (non-hydrogen) atoms. The summed E-state index contributed by atoms with van der Waals surface area (Å²) >= 11 is 0. The third-order valence-electron chi connectivity index (χ3n) is 12.3. The molecule has 0 spiro atoms. The van der Waals surface area contributed by atoms with Crippen molar-refractivity contribution in [3.63, 3.8) is 0 Å². The van der Waals surface area contributed by atoms with E-state index in [1.807, 2.05) is 0 Å². The second-order valence-electron chi connectivity index (χ2n) is 13.3. The maximum absolute atomic E-state index is 6.95. The number of fused-ring (bicyclic) bond motifs is 10. The van der Waals surface area contributed by atoms with Gasteiger partial charge in [-0.15, -0.1) is 0 Å². The van der Waals surface area contributed by atoms with Gasteiger partial charge in [0, 0.05) is 24.0 Å². The highest BCUT2D eigenvalue weighted by atomic mass is 16.5. The molecule has 2 nitrogen and oxygen atoms in total. The molecule has 10 unspecified atom stereocenters. The van der Waals surface area contributed by atoms with Crippen molar-refractivity contribution in [1.29, 1.82) is 0 Å². The van der Waals surface area contributed by atoms with Gasteiger partial charge in [-0.2, -0.15) is 0 Å². The van der Waals surface area contributed by atoms with Crippen LogP contribution >= 0.6 is 0 Å². The van der Waals surface area contributed by atoms with Crippen molar-refractivity contribution in [1.82, 2.24) is 0 Å². The molecular weight excluding hydrogens is 380 g/mol. The van der Waals surface area contributed by atoms with Crippen LogP contribution in [0.2, 0.25) is 0 Å². The van der Waals surface area contributed by atoms with Crippen LogP contribution in [0, 0.1) is 57.7 Å². The quantitative estimate of drug-likeness (QED) is 0.420. The van der Waals surface area contributed by atoms with Crippen LogP contribution in [0.3, 0.4) is 0 Å². The Morgan fingerprint density at radius 3 is 2.39 bits per heavy atom. The lowest BCUT2D eigenvalue weighted by Gasteiger charge is -2.65. The van der Waals surface area contributed by atoms with Crippen LogP contribution in [0.5, 0.6) is 0 Å². The summed E-state index contributed by atoms with van der Waals surface area (Å²) in [6.07, 6.45) is 16.7. The van der Waals surface area contributed by atoms with E-state index in [2.05, 4.69) is 27.7 Å². The molecule has 0 saturated heterocycles. The van der Waals surface area contributed by atoms with Gasteiger partial charge in [-0.25, -0.2) is 0 Å². The Morgan fingerprint density at radius 2 is 1.58 bits per heavy atom. The minimum absolute atomic E-state index is 0.322. The Kier molecular flexibility index (Phi) is 5.16. The summed E-state index contributed by atoms with van der Waals surface area (Å²) in [5.41, 5.74) is 1.06. The minimum Gasteiger partial charge on any atom is -0.381 e. The molecular formula is C29H48O2. The largest absolute Gasteiger partial charge is 0.381 e. The first-order valence-electron chi connectivity index (χ1n) is 14.2. The molecule has 0 aliphatic heterocycles. The molecule has 6 aliphatic carbocycles. The Morgan fingerprint density at radius 1 is 0.806 bits per heavy atom. The van der Waals surface area contributed by atoms with Gasteiger partial charge in [0.25, 0.3) is 0 Å². The van der Waals surface area contributed by atoms with Crippen molar-refractivity contribution < 1.29 is 9.47 Å². The Bertz CT molecular complexity index is 680. The summed E-state index contributed by atoms with van der Waals surface area (Å²) in [6, 6.07) is 0. The molecule has 0 N–H and O–H groups in total. The number of hydrogen-bond acceptors (Lipinski definition) is 2. The van der Waals surface area contributed by atoms with Gasteiger partial charge in [0.2, 0.25) is 0 Å². The number of rotatable bonds is 6. The number of hydrogen-bond donors (Lipinski definition) is 0. The predicted octanol–water partition coefficient (Wildman–Crippen LogP) is 7.11. The normalized spacial score (nSPS) is 54.2. The van der Waals surface area contributed by atoms with Gasteiger partial charge in [0.1, 0.15) is 0 Å². The fraction of sp³-hybridized carbons (Fsp3) is 1.00. The fourth-order valence-electron chi connectivity index (χ4n) is 11.9. The Labute approximate surface area is 191 Å². The Hall–Kier alpha value is -0.0800. The standard InChI is InChI=1S/C29H48O2/c1-5-30-18-28(15-9-11-19-10-7-8-12-22(19)28)29-17-23(27(3,4)26(29)31-6-2)24-20-13-14-21(16-20)25(24)29/h19-26H,5-18H2,1-4H3. The smallest absolute Gasteiger partial charge is 0.0693 e. The average Bonchev–Trinajstić information content (AvgIpc) is 3.52. The maximum atomic E-state index is 6.95. The summed E-state index contributed by atoms with van der Waals surface area (Å²) in [6.45, 7) is 12.5.